The molecule has 0 amide bonds. The van der Waals surface area contributed by atoms with Gasteiger partial charge in [0.05, 0.1) is 36.9 Å². The van der Waals surface area contributed by atoms with Crippen LogP contribution in [0.4, 0.5) is 11.4 Å². The van der Waals surface area contributed by atoms with Crippen molar-refractivity contribution < 1.29 is 9.84 Å². The summed E-state index contributed by atoms with van der Waals surface area (Å²) in [6, 6.07) is 1.95. The number of hydrogen-bond donors (Lipinski definition) is 2. The molecular weight excluding hydrogens is 218 g/mol. The molecule has 0 unspecified atom stereocenters. The summed E-state index contributed by atoms with van der Waals surface area (Å²) in [6.45, 7) is 2.40. The molecule has 5 heteroatoms. The van der Waals surface area contributed by atoms with Crippen LogP contribution in [-0.2, 0) is 4.74 Å². The van der Waals surface area contributed by atoms with Crippen LogP contribution in [0, 0.1) is 0 Å². The molecule has 0 aromatic carbocycles. The summed E-state index contributed by atoms with van der Waals surface area (Å²) >= 11 is 0. The van der Waals surface area contributed by atoms with Crippen molar-refractivity contribution in [3.8, 4) is 0 Å². The van der Waals surface area contributed by atoms with Crippen LogP contribution in [0.25, 0.3) is 0 Å². The number of rotatable bonds is 4. The molecule has 0 radical (unpaired) electrons. The van der Waals surface area contributed by atoms with E-state index >= 15 is 0 Å². The zero-order chi connectivity index (χ0) is 12.1. The lowest BCUT2D eigenvalue weighted by Gasteiger charge is -2.33. The Morgan fingerprint density at radius 1 is 1.47 bits per heavy atom. The molecule has 0 spiro atoms. The van der Waals surface area contributed by atoms with Gasteiger partial charge in [-0.3, -0.25) is 4.98 Å². The molecule has 1 aromatic heterocycles. The molecule has 3 N–H and O–H groups in total. The van der Waals surface area contributed by atoms with Crippen LogP contribution in [0.1, 0.15) is 12.8 Å². The second-order valence-corrected chi connectivity index (χ2v) is 4.22. The van der Waals surface area contributed by atoms with Crippen LogP contribution in [-0.4, -0.2) is 42.5 Å². The van der Waals surface area contributed by atoms with E-state index in [2.05, 4.69) is 9.88 Å². The van der Waals surface area contributed by atoms with Crippen LogP contribution in [0.5, 0.6) is 0 Å². The van der Waals surface area contributed by atoms with E-state index in [1.54, 1.807) is 12.4 Å². The van der Waals surface area contributed by atoms with Crippen LogP contribution in [0.3, 0.4) is 0 Å². The number of nitrogens with zero attached hydrogens (tertiary/aromatic N) is 2. The van der Waals surface area contributed by atoms with Crippen molar-refractivity contribution in [1.29, 1.82) is 0 Å². The van der Waals surface area contributed by atoms with Gasteiger partial charge < -0.3 is 20.5 Å². The summed E-state index contributed by atoms with van der Waals surface area (Å²) in [4.78, 5) is 6.25. The Labute approximate surface area is 101 Å². The van der Waals surface area contributed by atoms with E-state index in [0.717, 1.165) is 37.3 Å². The Morgan fingerprint density at radius 3 is 2.88 bits per heavy atom. The van der Waals surface area contributed by atoms with Crippen molar-refractivity contribution in [2.45, 2.75) is 18.9 Å². The molecule has 2 rings (SSSR count). The first kappa shape index (κ1) is 12.1. The van der Waals surface area contributed by atoms with Crippen molar-refractivity contribution in [3.05, 3.63) is 18.5 Å². The van der Waals surface area contributed by atoms with E-state index in [1.165, 1.54) is 0 Å². The molecule has 1 fully saturated rings. The molecule has 0 atom stereocenters. The summed E-state index contributed by atoms with van der Waals surface area (Å²) in [7, 11) is 0. The van der Waals surface area contributed by atoms with Crippen LogP contribution in [0.2, 0.25) is 0 Å². The maximum absolute atomic E-state index is 8.70. The Bertz CT molecular complexity index is 351. The summed E-state index contributed by atoms with van der Waals surface area (Å²) < 4.78 is 5.53. The van der Waals surface area contributed by atoms with E-state index in [4.69, 9.17) is 15.6 Å². The number of ether oxygens (including phenoxy) is 1. The third-order valence-corrected chi connectivity index (χ3v) is 3.06. The van der Waals surface area contributed by atoms with Gasteiger partial charge in [-0.1, -0.05) is 0 Å². The highest BCUT2D eigenvalue weighted by molar-refractivity contribution is 5.66. The topological polar surface area (TPSA) is 71.6 Å². The van der Waals surface area contributed by atoms with Gasteiger partial charge in [-0.05, 0) is 18.9 Å². The normalized spacial score (nSPS) is 17.4. The standard InChI is InChI=1S/C12H19N3O2/c13-11-9-14-4-1-12(11)15-5-2-10(3-6-15)17-8-7-16/h1,4,9-10,16H,2-3,5-8,13H2. The molecule has 0 bridgehead atoms. The largest absolute Gasteiger partial charge is 0.396 e. The second-order valence-electron chi connectivity index (χ2n) is 4.22. The van der Waals surface area contributed by atoms with E-state index in [1.807, 2.05) is 6.07 Å². The molecule has 1 aromatic rings. The minimum absolute atomic E-state index is 0.0948. The predicted molar refractivity (Wildman–Crippen MR) is 66.9 cm³/mol. The highest BCUT2D eigenvalue weighted by atomic mass is 16.5. The summed E-state index contributed by atoms with van der Waals surface area (Å²) in [5.74, 6) is 0. The van der Waals surface area contributed by atoms with E-state index in [9.17, 15) is 0 Å². The Hall–Kier alpha value is -1.33. The molecule has 0 saturated carbocycles. The van der Waals surface area contributed by atoms with Gasteiger partial charge in [0, 0.05) is 19.3 Å². The number of hydrogen-bond acceptors (Lipinski definition) is 5. The Morgan fingerprint density at radius 2 is 2.24 bits per heavy atom. The first-order valence-electron chi connectivity index (χ1n) is 5.98. The minimum atomic E-state index is 0.0948. The van der Waals surface area contributed by atoms with Gasteiger partial charge in [-0.25, -0.2) is 0 Å². The highest BCUT2D eigenvalue weighted by Crippen LogP contribution is 2.25. The SMILES string of the molecule is Nc1cnccc1N1CCC(OCCO)CC1. The van der Waals surface area contributed by atoms with Gasteiger partial charge in [-0.15, -0.1) is 0 Å². The van der Waals surface area contributed by atoms with Crippen molar-refractivity contribution in [2.75, 3.05) is 36.9 Å². The fraction of sp³-hybridized carbons (Fsp3) is 0.583. The molecular formula is C12H19N3O2. The van der Waals surface area contributed by atoms with Crippen LogP contribution >= 0.6 is 0 Å². The zero-order valence-electron chi connectivity index (χ0n) is 9.88. The monoisotopic (exact) mass is 237 g/mol. The van der Waals surface area contributed by atoms with Crippen LogP contribution < -0.4 is 10.6 Å². The molecule has 94 valence electrons. The van der Waals surface area contributed by atoms with Gasteiger partial charge in [0.15, 0.2) is 0 Å². The number of nitrogens with two attached hydrogens (primary N) is 1. The fourth-order valence-electron chi connectivity index (χ4n) is 2.17. The van der Waals surface area contributed by atoms with Gasteiger partial charge in [0.2, 0.25) is 0 Å². The number of aliphatic hydroxyl groups is 1. The molecule has 5 nitrogen and oxygen atoms in total. The number of nitrogen functional groups attached to an aromatic ring is 1. The fourth-order valence-corrected chi connectivity index (χ4v) is 2.17. The average Bonchev–Trinajstić information content (AvgIpc) is 2.38. The molecule has 1 aliphatic heterocycles. The summed E-state index contributed by atoms with van der Waals surface area (Å²) in [5.41, 5.74) is 7.68. The van der Waals surface area contributed by atoms with Crippen molar-refractivity contribution in [2.24, 2.45) is 0 Å². The van der Waals surface area contributed by atoms with Crippen LogP contribution in [0.15, 0.2) is 18.5 Å². The van der Waals surface area contributed by atoms with Crippen molar-refractivity contribution >= 4 is 11.4 Å². The molecule has 1 saturated heterocycles. The number of anilines is 2. The smallest absolute Gasteiger partial charge is 0.0738 e. The van der Waals surface area contributed by atoms with E-state index in [0.29, 0.717) is 6.61 Å². The first-order valence-corrected chi connectivity index (χ1v) is 5.98. The van der Waals surface area contributed by atoms with Crippen molar-refractivity contribution in [1.82, 2.24) is 4.98 Å². The average molecular weight is 237 g/mol. The third kappa shape index (κ3) is 3.08. The van der Waals surface area contributed by atoms with E-state index in [-0.39, 0.29) is 12.7 Å². The highest BCUT2D eigenvalue weighted by Gasteiger charge is 2.20. The lowest BCUT2D eigenvalue weighted by molar-refractivity contribution is 0.0159. The lowest BCUT2D eigenvalue weighted by atomic mass is 10.1. The van der Waals surface area contributed by atoms with Gasteiger partial charge >= 0.3 is 0 Å². The minimum Gasteiger partial charge on any atom is -0.396 e. The Balaban J connectivity index is 1.89. The first-order chi connectivity index (χ1) is 8.31. The number of aliphatic hydroxyl groups excluding tert-OH is 1. The summed E-state index contributed by atoms with van der Waals surface area (Å²) in [6.07, 6.45) is 5.66. The number of aromatic nitrogens is 1. The molecule has 0 aliphatic carbocycles. The third-order valence-electron chi connectivity index (χ3n) is 3.06. The predicted octanol–water partition coefficient (Wildman–Crippen LogP) is 0.641. The molecule has 2 heterocycles. The lowest BCUT2D eigenvalue weighted by Crippen LogP contribution is -2.37. The maximum Gasteiger partial charge on any atom is 0.0738 e. The van der Waals surface area contributed by atoms with Gasteiger partial charge in [0.25, 0.3) is 0 Å². The summed E-state index contributed by atoms with van der Waals surface area (Å²) in [5, 5.41) is 8.70. The van der Waals surface area contributed by atoms with Crippen molar-refractivity contribution in [3.63, 3.8) is 0 Å². The van der Waals surface area contributed by atoms with Gasteiger partial charge in [0.1, 0.15) is 0 Å². The second kappa shape index (κ2) is 5.84. The number of piperidine rings is 1. The van der Waals surface area contributed by atoms with Gasteiger partial charge in [-0.2, -0.15) is 0 Å². The van der Waals surface area contributed by atoms with E-state index < -0.39 is 0 Å². The molecule has 1 aliphatic rings. The zero-order valence-corrected chi connectivity index (χ0v) is 9.88. The molecule has 17 heavy (non-hydrogen) atoms. The maximum atomic E-state index is 8.70. The quantitative estimate of drug-likeness (QED) is 0.804. The Kier molecular flexibility index (Phi) is 4.17. The number of pyridine rings is 1.